The molecule has 1 aliphatic carbocycles. The van der Waals surface area contributed by atoms with Crippen LogP contribution in [0, 0.1) is 22.2 Å². The zero-order chi connectivity index (χ0) is 39.1. The highest BCUT2D eigenvalue weighted by Gasteiger charge is 2.64. The molecule has 288 valence electrons. The highest BCUT2D eigenvalue weighted by atomic mass is 35.5. The number of aryl methyl sites for hydroxylation is 1. The largest absolute Gasteiger partial charge is 0.489 e. The van der Waals surface area contributed by atoms with Crippen LogP contribution in [0.4, 0.5) is 5.69 Å². The molecule has 55 heavy (non-hydrogen) atoms. The molecule has 12 heteroatoms. The maximum atomic E-state index is 13.4. The standard InChI is InChI=1S/C43H49ClN6O5/c1-42(2)40(43(3,4)41(42)55-32-14-12-29(25-45)34(44)24-32)47-37(52)28-10-8-27(9-11-28)7-5-6-18-48-19-21-49(22-20-48)31-13-15-33-30(23-31)26-50(39(33)54)35-16-17-36(51)46-38(35)53/h8-15,23-24,35,40-41H,5-7,16-22,26H2,1-4H3,(H,47,52)(H,46,51,53)/t35-,40?,41?/m1/s1. The number of hydrogen-bond acceptors (Lipinski definition) is 8. The van der Waals surface area contributed by atoms with Gasteiger partial charge < -0.3 is 19.9 Å². The lowest BCUT2D eigenvalue weighted by Gasteiger charge is -2.63. The molecule has 1 atom stereocenters. The third kappa shape index (κ3) is 7.67. The van der Waals surface area contributed by atoms with E-state index in [1.54, 1.807) is 23.1 Å². The minimum absolute atomic E-state index is 0.0979. The van der Waals surface area contributed by atoms with E-state index in [4.69, 9.17) is 16.3 Å². The van der Waals surface area contributed by atoms with Gasteiger partial charge in [-0.15, -0.1) is 0 Å². The zero-order valence-corrected chi connectivity index (χ0v) is 32.7. The van der Waals surface area contributed by atoms with Crippen LogP contribution in [-0.4, -0.2) is 84.3 Å². The molecule has 3 fully saturated rings. The van der Waals surface area contributed by atoms with Crippen molar-refractivity contribution in [3.8, 4) is 11.8 Å². The van der Waals surface area contributed by atoms with Gasteiger partial charge in [-0.3, -0.25) is 29.4 Å². The van der Waals surface area contributed by atoms with Crippen molar-refractivity contribution >= 4 is 40.9 Å². The van der Waals surface area contributed by atoms with Crippen molar-refractivity contribution in [3.63, 3.8) is 0 Å². The Kier molecular flexibility index (Phi) is 10.7. The van der Waals surface area contributed by atoms with Crippen molar-refractivity contribution in [2.24, 2.45) is 10.8 Å². The first-order chi connectivity index (χ1) is 26.3. The topological polar surface area (TPSA) is 135 Å². The molecular formula is C43H49ClN6O5. The van der Waals surface area contributed by atoms with Crippen molar-refractivity contribution in [1.29, 1.82) is 5.26 Å². The maximum absolute atomic E-state index is 13.4. The molecule has 3 heterocycles. The molecule has 7 rings (SSSR count). The minimum atomic E-state index is -0.603. The fourth-order valence-corrected chi connectivity index (χ4v) is 9.50. The number of piperazine rings is 1. The highest BCUT2D eigenvalue weighted by molar-refractivity contribution is 6.31. The van der Waals surface area contributed by atoms with E-state index in [1.807, 2.05) is 24.3 Å². The molecule has 0 bridgehead atoms. The molecule has 0 unspecified atom stereocenters. The Morgan fingerprint density at radius 1 is 0.964 bits per heavy atom. The van der Waals surface area contributed by atoms with Gasteiger partial charge in [-0.05, 0) is 85.8 Å². The first-order valence-electron chi connectivity index (χ1n) is 19.3. The van der Waals surface area contributed by atoms with Crippen molar-refractivity contribution in [2.45, 2.75) is 84.5 Å². The van der Waals surface area contributed by atoms with Crippen LogP contribution in [0.25, 0.3) is 0 Å². The molecule has 2 N–H and O–H groups in total. The fraction of sp³-hybridized carbons (Fsp3) is 0.465. The van der Waals surface area contributed by atoms with Gasteiger partial charge in [-0.1, -0.05) is 51.4 Å². The lowest BCUT2D eigenvalue weighted by Crippen LogP contribution is -2.74. The van der Waals surface area contributed by atoms with Gasteiger partial charge in [0.25, 0.3) is 11.8 Å². The molecule has 0 spiro atoms. The summed E-state index contributed by atoms with van der Waals surface area (Å²) in [5.74, 6) is -0.309. The predicted molar refractivity (Wildman–Crippen MR) is 210 cm³/mol. The number of rotatable bonds is 11. The smallest absolute Gasteiger partial charge is 0.255 e. The molecule has 11 nitrogen and oxygen atoms in total. The molecule has 3 aromatic carbocycles. The van der Waals surface area contributed by atoms with Gasteiger partial charge >= 0.3 is 0 Å². The molecule has 4 amide bonds. The number of carbonyl (C=O) groups is 4. The van der Waals surface area contributed by atoms with Crippen LogP contribution in [0.3, 0.4) is 0 Å². The van der Waals surface area contributed by atoms with Crippen molar-refractivity contribution in [2.75, 3.05) is 37.6 Å². The number of halogens is 1. The number of amides is 4. The van der Waals surface area contributed by atoms with Crippen molar-refractivity contribution < 1.29 is 23.9 Å². The Labute approximate surface area is 327 Å². The summed E-state index contributed by atoms with van der Waals surface area (Å²) in [5, 5.41) is 15.2. The van der Waals surface area contributed by atoms with Gasteiger partial charge in [-0.2, -0.15) is 5.26 Å². The Hall–Kier alpha value is -4.92. The quantitative estimate of drug-likeness (QED) is 0.187. The van der Waals surface area contributed by atoms with Gasteiger partial charge in [0.2, 0.25) is 11.8 Å². The summed E-state index contributed by atoms with van der Waals surface area (Å²) in [6, 6.07) is 20.4. The monoisotopic (exact) mass is 764 g/mol. The third-order valence-electron chi connectivity index (χ3n) is 12.1. The molecule has 2 saturated heterocycles. The van der Waals surface area contributed by atoms with Gasteiger partial charge in [0.1, 0.15) is 24.0 Å². The molecule has 0 radical (unpaired) electrons. The molecule has 4 aliphatic rings. The summed E-state index contributed by atoms with van der Waals surface area (Å²) in [6.45, 7) is 13.6. The van der Waals surface area contributed by atoms with Gasteiger partial charge in [0, 0.05) is 78.9 Å². The predicted octanol–water partition coefficient (Wildman–Crippen LogP) is 5.73. The number of nitriles is 1. The number of benzene rings is 3. The van der Waals surface area contributed by atoms with E-state index in [-0.39, 0.29) is 53.0 Å². The second kappa shape index (κ2) is 15.3. The van der Waals surface area contributed by atoms with E-state index in [2.05, 4.69) is 72.4 Å². The molecule has 0 aromatic heterocycles. The van der Waals surface area contributed by atoms with Crippen LogP contribution in [0.15, 0.2) is 60.7 Å². The number of piperidine rings is 1. The molecule has 1 saturated carbocycles. The SMILES string of the molecule is CC1(C)C(NC(=O)c2ccc(CCCCN3CCN(c4ccc5c(c4)CN([C@@H]4CCC(=O)NC4=O)C5=O)CC3)cc2)C(C)(C)C1Oc1ccc(C#N)c(Cl)c1. The average molecular weight is 765 g/mol. The Morgan fingerprint density at radius 3 is 2.36 bits per heavy atom. The lowest BCUT2D eigenvalue weighted by atomic mass is 9.49. The number of fused-ring (bicyclic) bond motifs is 1. The number of anilines is 1. The van der Waals surface area contributed by atoms with E-state index >= 15 is 0 Å². The van der Waals surface area contributed by atoms with Crippen LogP contribution in [0.5, 0.6) is 5.75 Å². The fourth-order valence-electron chi connectivity index (χ4n) is 9.28. The summed E-state index contributed by atoms with van der Waals surface area (Å²) >= 11 is 6.24. The molecular weight excluding hydrogens is 716 g/mol. The first-order valence-corrected chi connectivity index (χ1v) is 19.6. The number of nitrogens with zero attached hydrogens (tertiary/aromatic N) is 4. The zero-order valence-electron chi connectivity index (χ0n) is 32.0. The van der Waals surface area contributed by atoms with E-state index in [0.717, 1.165) is 63.2 Å². The first kappa shape index (κ1) is 38.4. The number of carbonyl (C=O) groups excluding carboxylic acids is 4. The van der Waals surface area contributed by atoms with Gasteiger partial charge in [-0.25, -0.2) is 0 Å². The highest BCUT2D eigenvalue weighted by Crippen LogP contribution is 2.55. The number of imide groups is 1. The van der Waals surface area contributed by atoms with Crippen LogP contribution in [-0.2, 0) is 22.6 Å². The van der Waals surface area contributed by atoms with Crippen LogP contribution in [0.2, 0.25) is 5.02 Å². The summed E-state index contributed by atoms with van der Waals surface area (Å²) in [7, 11) is 0. The second-order valence-electron chi connectivity index (χ2n) is 16.5. The number of unbranched alkanes of at least 4 members (excludes halogenated alkanes) is 1. The van der Waals surface area contributed by atoms with E-state index in [1.165, 1.54) is 5.56 Å². The minimum Gasteiger partial charge on any atom is -0.489 e. The van der Waals surface area contributed by atoms with E-state index in [9.17, 15) is 24.4 Å². The lowest BCUT2D eigenvalue weighted by molar-refractivity contribution is -0.164. The molecule has 3 aliphatic heterocycles. The van der Waals surface area contributed by atoms with Crippen LogP contribution < -0.4 is 20.3 Å². The van der Waals surface area contributed by atoms with Gasteiger partial charge in [0.15, 0.2) is 0 Å². The summed E-state index contributed by atoms with van der Waals surface area (Å²) in [4.78, 5) is 56.9. The number of nitrogens with one attached hydrogen (secondary N) is 2. The normalized spacial score (nSPS) is 23.1. The summed E-state index contributed by atoms with van der Waals surface area (Å²) in [6.07, 6.45) is 3.54. The van der Waals surface area contributed by atoms with Crippen molar-refractivity contribution in [3.05, 3.63) is 93.5 Å². The van der Waals surface area contributed by atoms with Crippen LogP contribution >= 0.6 is 11.6 Å². The summed E-state index contributed by atoms with van der Waals surface area (Å²) < 4.78 is 6.37. The van der Waals surface area contributed by atoms with Crippen LogP contribution in [0.1, 0.15) is 90.8 Å². The maximum Gasteiger partial charge on any atom is 0.255 e. The average Bonchev–Trinajstić information content (AvgIpc) is 3.49. The van der Waals surface area contributed by atoms with E-state index in [0.29, 0.717) is 40.4 Å². The van der Waals surface area contributed by atoms with E-state index < -0.39 is 6.04 Å². The Bertz CT molecular complexity index is 2020. The van der Waals surface area contributed by atoms with Gasteiger partial charge in [0.05, 0.1) is 10.6 Å². The molecule has 3 aromatic rings. The number of hydrogen-bond donors (Lipinski definition) is 2. The summed E-state index contributed by atoms with van der Waals surface area (Å²) in [5.41, 5.74) is 4.25. The Morgan fingerprint density at radius 2 is 1.69 bits per heavy atom. The Balaban J connectivity index is 0.831. The third-order valence-corrected chi connectivity index (χ3v) is 12.4. The van der Waals surface area contributed by atoms with Crippen molar-refractivity contribution in [1.82, 2.24) is 20.4 Å². The number of ether oxygens (including phenoxy) is 1. The second-order valence-corrected chi connectivity index (χ2v) is 16.9.